The second-order valence-electron chi connectivity index (χ2n) is 5.35. The fraction of sp³-hybridized carbons (Fsp3) is 1.00. The van der Waals surface area contributed by atoms with Crippen molar-refractivity contribution in [3.05, 3.63) is 0 Å². The van der Waals surface area contributed by atoms with Crippen LogP contribution < -0.4 is 0 Å². The van der Waals surface area contributed by atoms with Crippen molar-refractivity contribution in [3.8, 4) is 0 Å². The lowest BCUT2D eigenvalue weighted by atomic mass is 10.1. The molecule has 1 saturated carbocycles. The predicted molar refractivity (Wildman–Crippen MR) is 65.0 cm³/mol. The number of nitrogens with zero attached hydrogens (tertiary/aromatic N) is 1. The molecule has 0 aromatic rings. The van der Waals surface area contributed by atoms with Gasteiger partial charge < -0.3 is 5.11 Å². The van der Waals surface area contributed by atoms with E-state index in [9.17, 15) is 5.11 Å². The third-order valence-corrected chi connectivity index (χ3v) is 3.12. The molecule has 0 aromatic carbocycles. The quantitative estimate of drug-likeness (QED) is 0.670. The van der Waals surface area contributed by atoms with Crippen molar-refractivity contribution in [1.82, 2.24) is 4.90 Å². The van der Waals surface area contributed by atoms with Crippen LogP contribution in [0.25, 0.3) is 0 Å². The molecule has 90 valence electrons. The summed E-state index contributed by atoms with van der Waals surface area (Å²) in [5.74, 6) is 0.773. The fourth-order valence-corrected chi connectivity index (χ4v) is 1.98. The smallest absolute Gasteiger partial charge is 0.0667 e. The summed E-state index contributed by atoms with van der Waals surface area (Å²) in [5.41, 5.74) is 0. The zero-order valence-electron chi connectivity index (χ0n) is 10.6. The largest absolute Gasteiger partial charge is 0.392 e. The summed E-state index contributed by atoms with van der Waals surface area (Å²) in [4.78, 5) is 2.50. The highest BCUT2D eigenvalue weighted by molar-refractivity contribution is 4.85. The minimum atomic E-state index is -0.109. The van der Waals surface area contributed by atoms with Gasteiger partial charge in [-0.15, -0.1) is 0 Å². The Morgan fingerprint density at radius 2 is 1.93 bits per heavy atom. The molecule has 1 fully saturated rings. The number of aliphatic hydroxyl groups excluding tert-OH is 1. The average molecular weight is 213 g/mol. The first-order valence-electron chi connectivity index (χ1n) is 6.55. The summed E-state index contributed by atoms with van der Waals surface area (Å²) >= 11 is 0. The van der Waals surface area contributed by atoms with Crippen LogP contribution in [0.2, 0.25) is 0 Å². The maximum absolute atomic E-state index is 9.82. The molecule has 15 heavy (non-hydrogen) atoms. The summed E-state index contributed by atoms with van der Waals surface area (Å²) in [7, 11) is 0. The van der Waals surface area contributed by atoms with Crippen molar-refractivity contribution in [2.75, 3.05) is 13.1 Å². The standard InChI is InChI=1S/C13H27NO/c1-4-5-13(15)10-14(12-6-7-12)9-8-11(2)3/h11-13,15H,4-10H2,1-3H3. The molecule has 2 nitrogen and oxygen atoms in total. The second-order valence-corrected chi connectivity index (χ2v) is 5.35. The summed E-state index contributed by atoms with van der Waals surface area (Å²) in [5, 5.41) is 9.82. The van der Waals surface area contributed by atoms with E-state index in [1.165, 1.54) is 25.8 Å². The molecule has 1 rings (SSSR count). The highest BCUT2D eigenvalue weighted by Gasteiger charge is 2.29. The fourth-order valence-electron chi connectivity index (χ4n) is 1.98. The Balaban J connectivity index is 2.23. The number of hydrogen-bond donors (Lipinski definition) is 1. The minimum Gasteiger partial charge on any atom is -0.392 e. The van der Waals surface area contributed by atoms with Crippen molar-refractivity contribution >= 4 is 0 Å². The Hall–Kier alpha value is -0.0800. The lowest BCUT2D eigenvalue weighted by molar-refractivity contribution is 0.0977. The van der Waals surface area contributed by atoms with Crippen LogP contribution in [-0.2, 0) is 0 Å². The number of hydrogen-bond acceptors (Lipinski definition) is 2. The third kappa shape index (κ3) is 5.53. The SMILES string of the molecule is CCCC(O)CN(CCC(C)C)C1CC1. The van der Waals surface area contributed by atoms with E-state index in [1.54, 1.807) is 0 Å². The van der Waals surface area contributed by atoms with Gasteiger partial charge in [-0.3, -0.25) is 4.90 Å². The highest BCUT2D eigenvalue weighted by Crippen LogP contribution is 2.27. The lowest BCUT2D eigenvalue weighted by Crippen LogP contribution is -2.35. The van der Waals surface area contributed by atoms with Crippen molar-refractivity contribution in [2.24, 2.45) is 5.92 Å². The molecule has 0 amide bonds. The Bertz CT molecular complexity index is 166. The molecule has 0 bridgehead atoms. The van der Waals surface area contributed by atoms with E-state index in [4.69, 9.17) is 0 Å². The monoisotopic (exact) mass is 213 g/mol. The van der Waals surface area contributed by atoms with Gasteiger partial charge in [0.15, 0.2) is 0 Å². The molecule has 0 aliphatic heterocycles. The third-order valence-electron chi connectivity index (χ3n) is 3.12. The van der Waals surface area contributed by atoms with Gasteiger partial charge in [0.2, 0.25) is 0 Å². The van der Waals surface area contributed by atoms with Gasteiger partial charge in [0, 0.05) is 12.6 Å². The van der Waals surface area contributed by atoms with E-state index in [1.807, 2.05) is 0 Å². The molecule has 0 saturated heterocycles. The summed E-state index contributed by atoms with van der Waals surface area (Å²) in [6, 6.07) is 0.787. The first-order valence-corrected chi connectivity index (χ1v) is 6.55. The molecule has 1 atom stereocenters. The van der Waals surface area contributed by atoms with Gasteiger partial charge in [-0.25, -0.2) is 0 Å². The molecule has 0 radical (unpaired) electrons. The molecule has 2 heteroatoms. The number of rotatable bonds is 8. The summed E-state index contributed by atoms with van der Waals surface area (Å²) in [6.45, 7) is 8.74. The Morgan fingerprint density at radius 3 is 2.40 bits per heavy atom. The van der Waals surface area contributed by atoms with E-state index in [2.05, 4.69) is 25.7 Å². The first-order chi connectivity index (χ1) is 7.13. The van der Waals surface area contributed by atoms with Crippen molar-refractivity contribution < 1.29 is 5.11 Å². The molecule has 1 aliphatic carbocycles. The molecular formula is C13H27NO. The first kappa shape index (κ1) is 13.0. The van der Waals surface area contributed by atoms with Crippen LogP contribution in [-0.4, -0.2) is 35.2 Å². The molecule has 1 N–H and O–H groups in total. The van der Waals surface area contributed by atoms with Gasteiger partial charge in [0.25, 0.3) is 0 Å². The van der Waals surface area contributed by atoms with Crippen LogP contribution in [0.5, 0.6) is 0 Å². The number of aliphatic hydroxyl groups is 1. The van der Waals surface area contributed by atoms with E-state index < -0.39 is 0 Å². The summed E-state index contributed by atoms with van der Waals surface area (Å²) in [6.07, 6.45) is 5.88. The normalized spacial score (nSPS) is 18.8. The van der Waals surface area contributed by atoms with E-state index in [0.29, 0.717) is 0 Å². The topological polar surface area (TPSA) is 23.5 Å². The van der Waals surface area contributed by atoms with Crippen LogP contribution in [0.3, 0.4) is 0 Å². The molecule has 0 spiro atoms. The molecule has 1 aliphatic rings. The summed E-state index contributed by atoms with van der Waals surface area (Å²) < 4.78 is 0. The Morgan fingerprint density at radius 1 is 1.27 bits per heavy atom. The van der Waals surface area contributed by atoms with Gasteiger partial charge in [-0.2, -0.15) is 0 Å². The van der Waals surface area contributed by atoms with Crippen LogP contribution in [0.4, 0.5) is 0 Å². The van der Waals surface area contributed by atoms with Crippen molar-refractivity contribution in [2.45, 2.75) is 65.0 Å². The lowest BCUT2D eigenvalue weighted by Gasteiger charge is -2.25. The van der Waals surface area contributed by atoms with Gasteiger partial charge in [-0.05, 0) is 38.1 Å². The zero-order valence-corrected chi connectivity index (χ0v) is 10.6. The molecule has 0 aromatic heterocycles. The van der Waals surface area contributed by atoms with Crippen molar-refractivity contribution in [3.63, 3.8) is 0 Å². The van der Waals surface area contributed by atoms with Crippen LogP contribution in [0, 0.1) is 5.92 Å². The highest BCUT2D eigenvalue weighted by atomic mass is 16.3. The van der Waals surface area contributed by atoms with Crippen LogP contribution in [0.1, 0.15) is 52.9 Å². The van der Waals surface area contributed by atoms with Gasteiger partial charge in [0.1, 0.15) is 0 Å². The predicted octanol–water partition coefficient (Wildman–Crippen LogP) is 2.66. The van der Waals surface area contributed by atoms with Crippen LogP contribution >= 0.6 is 0 Å². The molecule has 1 unspecified atom stereocenters. The van der Waals surface area contributed by atoms with Gasteiger partial charge in [-0.1, -0.05) is 27.2 Å². The van der Waals surface area contributed by atoms with Crippen LogP contribution in [0.15, 0.2) is 0 Å². The molecular weight excluding hydrogens is 186 g/mol. The van der Waals surface area contributed by atoms with Gasteiger partial charge in [0.05, 0.1) is 6.10 Å². The van der Waals surface area contributed by atoms with Gasteiger partial charge >= 0.3 is 0 Å². The Kier molecular flexibility index (Phi) is 5.62. The average Bonchev–Trinajstić information content (AvgIpc) is 2.95. The zero-order chi connectivity index (χ0) is 11.3. The van der Waals surface area contributed by atoms with E-state index >= 15 is 0 Å². The van der Waals surface area contributed by atoms with E-state index in [0.717, 1.165) is 31.3 Å². The van der Waals surface area contributed by atoms with Crippen molar-refractivity contribution in [1.29, 1.82) is 0 Å². The maximum Gasteiger partial charge on any atom is 0.0667 e. The maximum atomic E-state index is 9.82. The second kappa shape index (κ2) is 6.49. The molecule has 0 heterocycles. The Labute approximate surface area is 94.7 Å². The van der Waals surface area contributed by atoms with E-state index in [-0.39, 0.29) is 6.10 Å². The minimum absolute atomic E-state index is 0.109.